The summed E-state index contributed by atoms with van der Waals surface area (Å²) in [6.45, 7) is 9.99. The molecule has 14 heavy (non-hydrogen) atoms. The van der Waals surface area contributed by atoms with Crippen molar-refractivity contribution < 1.29 is 0 Å². The maximum Gasteiger partial charge on any atom is 0.0666 e. The van der Waals surface area contributed by atoms with Crippen molar-refractivity contribution in [2.45, 2.75) is 40.0 Å². The van der Waals surface area contributed by atoms with Crippen molar-refractivity contribution in [3.63, 3.8) is 0 Å². The van der Waals surface area contributed by atoms with E-state index < -0.39 is 0 Å². The average Bonchev–Trinajstić information content (AvgIpc) is 2.21. The molecule has 1 fully saturated rings. The van der Waals surface area contributed by atoms with Crippen LogP contribution >= 0.6 is 0 Å². The molecule has 80 valence electrons. The predicted octanol–water partition coefficient (Wildman–Crippen LogP) is 2.66. The zero-order valence-electron chi connectivity index (χ0n) is 9.71. The average molecular weight is 194 g/mol. The van der Waals surface area contributed by atoms with E-state index in [1.54, 1.807) is 0 Å². The van der Waals surface area contributed by atoms with E-state index in [-0.39, 0.29) is 5.92 Å². The lowest BCUT2D eigenvalue weighted by molar-refractivity contribution is 0.109. The first-order valence-electron chi connectivity index (χ1n) is 5.71. The standard InChI is InChI=1S/C12H22N2/c1-4-12(3)5-7-14(8-6-12)10-11(2)9-13/h11H,4-8,10H2,1-3H3. The monoisotopic (exact) mass is 194 g/mol. The van der Waals surface area contributed by atoms with Crippen LogP contribution in [0.4, 0.5) is 0 Å². The van der Waals surface area contributed by atoms with Crippen LogP contribution in [0.5, 0.6) is 0 Å². The highest BCUT2D eigenvalue weighted by atomic mass is 15.1. The molecule has 1 saturated heterocycles. The van der Waals surface area contributed by atoms with E-state index >= 15 is 0 Å². The molecule has 0 radical (unpaired) electrons. The van der Waals surface area contributed by atoms with Crippen molar-refractivity contribution in [2.24, 2.45) is 11.3 Å². The van der Waals surface area contributed by atoms with Crippen molar-refractivity contribution in [1.82, 2.24) is 4.90 Å². The molecule has 2 heteroatoms. The minimum absolute atomic E-state index is 0.181. The van der Waals surface area contributed by atoms with E-state index in [1.807, 2.05) is 6.92 Å². The zero-order valence-corrected chi connectivity index (χ0v) is 9.71. The fourth-order valence-corrected chi connectivity index (χ4v) is 2.06. The summed E-state index contributed by atoms with van der Waals surface area (Å²) in [6, 6.07) is 2.31. The second kappa shape index (κ2) is 4.79. The Kier molecular flexibility index (Phi) is 3.95. The highest BCUT2D eigenvalue weighted by Crippen LogP contribution is 2.33. The Hall–Kier alpha value is -0.550. The highest BCUT2D eigenvalue weighted by molar-refractivity contribution is 4.86. The van der Waals surface area contributed by atoms with Crippen LogP contribution in [0, 0.1) is 22.7 Å². The number of nitrogens with zero attached hydrogens (tertiary/aromatic N) is 2. The smallest absolute Gasteiger partial charge is 0.0666 e. The Morgan fingerprint density at radius 3 is 2.43 bits per heavy atom. The molecule has 0 saturated carbocycles. The van der Waals surface area contributed by atoms with Crippen LogP contribution in [-0.2, 0) is 0 Å². The Balaban J connectivity index is 2.33. The summed E-state index contributed by atoms with van der Waals surface area (Å²) in [5, 5.41) is 8.74. The Morgan fingerprint density at radius 2 is 2.00 bits per heavy atom. The van der Waals surface area contributed by atoms with Crippen molar-refractivity contribution in [3.8, 4) is 6.07 Å². The molecule has 0 aromatic rings. The molecule has 1 aliphatic rings. The number of hydrogen-bond acceptors (Lipinski definition) is 2. The minimum Gasteiger partial charge on any atom is -0.302 e. The van der Waals surface area contributed by atoms with Gasteiger partial charge in [0.2, 0.25) is 0 Å². The molecule has 0 aromatic heterocycles. The molecule has 0 N–H and O–H groups in total. The van der Waals surface area contributed by atoms with E-state index in [9.17, 15) is 0 Å². The van der Waals surface area contributed by atoms with Crippen molar-refractivity contribution in [1.29, 1.82) is 5.26 Å². The third-order valence-corrected chi connectivity index (χ3v) is 3.67. The highest BCUT2D eigenvalue weighted by Gasteiger charge is 2.28. The summed E-state index contributed by atoms with van der Waals surface area (Å²) in [4.78, 5) is 2.44. The first-order valence-corrected chi connectivity index (χ1v) is 5.71. The topological polar surface area (TPSA) is 27.0 Å². The summed E-state index contributed by atoms with van der Waals surface area (Å²) >= 11 is 0. The molecule has 1 aliphatic heterocycles. The molecule has 1 atom stereocenters. The van der Waals surface area contributed by atoms with Gasteiger partial charge in [0.15, 0.2) is 0 Å². The summed E-state index contributed by atoms with van der Waals surface area (Å²) in [7, 11) is 0. The summed E-state index contributed by atoms with van der Waals surface area (Å²) in [6.07, 6.45) is 3.87. The van der Waals surface area contributed by atoms with Crippen LogP contribution < -0.4 is 0 Å². The van der Waals surface area contributed by atoms with Gasteiger partial charge in [-0.2, -0.15) is 5.26 Å². The van der Waals surface area contributed by atoms with Crippen LogP contribution in [-0.4, -0.2) is 24.5 Å². The number of nitriles is 1. The lowest BCUT2D eigenvalue weighted by Gasteiger charge is -2.39. The SMILES string of the molecule is CCC1(C)CCN(CC(C)C#N)CC1. The third kappa shape index (κ3) is 2.99. The molecule has 0 bridgehead atoms. The number of rotatable bonds is 3. The van der Waals surface area contributed by atoms with Crippen LogP contribution in [0.3, 0.4) is 0 Å². The van der Waals surface area contributed by atoms with Crippen molar-refractivity contribution >= 4 is 0 Å². The molecule has 0 spiro atoms. The van der Waals surface area contributed by atoms with Crippen LogP contribution in [0.2, 0.25) is 0 Å². The van der Waals surface area contributed by atoms with E-state index in [0.29, 0.717) is 5.41 Å². The molecule has 0 aromatic carbocycles. The zero-order chi connectivity index (χ0) is 10.6. The Labute approximate surface area is 87.9 Å². The maximum absolute atomic E-state index is 8.74. The summed E-state index contributed by atoms with van der Waals surface area (Å²) in [5.74, 6) is 0.181. The lowest BCUT2D eigenvalue weighted by atomic mass is 9.78. The fourth-order valence-electron chi connectivity index (χ4n) is 2.06. The molecule has 1 heterocycles. The molecule has 0 aliphatic carbocycles. The molecule has 2 nitrogen and oxygen atoms in total. The second-order valence-corrected chi connectivity index (χ2v) is 4.99. The van der Waals surface area contributed by atoms with Crippen molar-refractivity contribution in [3.05, 3.63) is 0 Å². The lowest BCUT2D eigenvalue weighted by Crippen LogP contribution is -2.40. The van der Waals surface area contributed by atoms with Gasteiger partial charge in [-0.25, -0.2) is 0 Å². The van der Waals surface area contributed by atoms with Gasteiger partial charge in [0.05, 0.1) is 12.0 Å². The van der Waals surface area contributed by atoms with Crippen LogP contribution in [0.1, 0.15) is 40.0 Å². The first kappa shape index (κ1) is 11.5. The minimum atomic E-state index is 0.181. The Bertz CT molecular complexity index is 209. The second-order valence-electron chi connectivity index (χ2n) is 4.99. The van der Waals surface area contributed by atoms with Gasteiger partial charge >= 0.3 is 0 Å². The van der Waals surface area contributed by atoms with Crippen LogP contribution in [0.15, 0.2) is 0 Å². The van der Waals surface area contributed by atoms with Gasteiger partial charge in [-0.3, -0.25) is 0 Å². The maximum atomic E-state index is 8.74. The Morgan fingerprint density at radius 1 is 1.43 bits per heavy atom. The van der Waals surface area contributed by atoms with E-state index in [2.05, 4.69) is 24.8 Å². The normalized spacial score (nSPS) is 24.1. The number of hydrogen-bond donors (Lipinski definition) is 0. The van der Waals surface area contributed by atoms with E-state index in [0.717, 1.165) is 6.54 Å². The summed E-state index contributed by atoms with van der Waals surface area (Å²) in [5.41, 5.74) is 0.562. The fraction of sp³-hybridized carbons (Fsp3) is 0.917. The molecular weight excluding hydrogens is 172 g/mol. The predicted molar refractivity (Wildman–Crippen MR) is 58.8 cm³/mol. The van der Waals surface area contributed by atoms with Gasteiger partial charge < -0.3 is 4.90 Å². The largest absolute Gasteiger partial charge is 0.302 e. The van der Waals surface area contributed by atoms with Gasteiger partial charge in [-0.15, -0.1) is 0 Å². The first-order chi connectivity index (χ1) is 6.59. The summed E-state index contributed by atoms with van der Waals surface area (Å²) < 4.78 is 0. The van der Waals surface area contributed by atoms with Gasteiger partial charge in [-0.1, -0.05) is 20.3 Å². The molecule has 1 unspecified atom stereocenters. The molecule has 0 amide bonds. The number of piperidine rings is 1. The number of likely N-dealkylation sites (tertiary alicyclic amines) is 1. The van der Waals surface area contributed by atoms with Gasteiger partial charge in [0, 0.05) is 6.54 Å². The van der Waals surface area contributed by atoms with Crippen molar-refractivity contribution in [2.75, 3.05) is 19.6 Å². The molecule has 1 rings (SSSR count). The van der Waals surface area contributed by atoms with Gasteiger partial charge in [-0.05, 0) is 38.3 Å². The molecular formula is C12H22N2. The van der Waals surface area contributed by atoms with Gasteiger partial charge in [0.1, 0.15) is 0 Å². The van der Waals surface area contributed by atoms with E-state index in [1.165, 1.54) is 32.4 Å². The van der Waals surface area contributed by atoms with Crippen LogP contribution in [0.25, 0.3) is 0 Å². The van der Waals surface area contributed by atoms with E-state index in [4.69, 9.17) is 5.26 Å². The van der Waals surface area contributed by atoms with Gasteiger partial charge in [0.25, 0.3) is 0 Å². The third-order valence-electron chi connectivity index (χ3n) is 3.67. The quantitative estimate of drug-likeness (QED) is 0.690.